The van der Waals surface area contributed by atoms with Crippen molar-refractivity contribution in [2.45, 2.75) is 31.8 Å². The Labute approximate surface area is 132 Å². The van der Waals surface area contributed by atoms with Gasteiger partial charge in [-0.1, -0.05) is 30.7 Å². The molecular formula is C19H23NO2. The topological polar surface area (TPSA) is 29.5 Å². The number of benzene rings is 1. The van der Waals surface area contributed by atoms with Crippen molar-refractivity contribution in [3.05, 3.63) is 59.8 Å². The van der Waals surface area contributed by atoms with E-state index in [2.05, 4.69) is 30.3 Å². The zero-order valence-electron chi connectivity index (χ0n) is 13.1. The highest BCUT2D eigenvalue weighted by atomic mass is 16.5. The van der Waals surface area contributed by atoms with Gasteiger partial charge < -0.3 is 9.64 Å². The van der Waals surface area contributed by atoms with E-state index in [1.54, 1.807) is 0 Å². The molecule has 2 aliphatic rings. The molecule has 116 valence electrons. The van der Waals surface area contributed by atoms with Gasteiger partial charge in [-0.25, -0.2) is 4.79 Å². The van der Waals surface area contributed by atoms with E-state index in [0.29, 0.717) is 11.5 Å². The van der Waals surface area contributed by atoms with Crippen molar-refractivity contribution in [2.24, 2.45) is 5.92 Å². The molecule has 0 radical (unpaired) electrons. The lowest BCUT2D eigenvalue weighted by Gasteiger charge is -2.35. The molecular weight excluding hydrogens is 274 g/mol. The van der Waals surface area contributed by atoms with Crippen molar-refractivity contribution in [3.8, 4) is 0 Å². The molecule has 0 N–H and O–H groups in total. The third kappa shape index (κ3) is 3.41. The molecule has 1 aromatic rings. The average Bonchev–Trinajstić information content (AvgIpc) is 2.56. The molecule has 1 heterocycles. The van der Waals surface area contributed by atoms with Gasteiger partial charge in [-0.2, -0.15) is 0 Å². The normalized spacial score (nSPS) is 24.8. The van der Waals surface area contributed by atoms with Crippen LogP contribution in [-0.2, 0) is 4.74 Å². The second-order valence-corrected chi connectivity index (χ2v) is 6.20. The van der Waals surface area contributed by atoms with Crippen LogP contribution in [0.2, 0.25) is 0 Å². The Morgan fingerprint density at radius 2 is 1.95 bits per heavy atom. The molecule has 0 saturated heterocycles. The van der Waals surface area contributed by atoms with Gasteiger partial charge in [0.25, 0.3) is 0 Å². The van der Waals surface area contributed by atoms with E-state index in [1.807, 2.05) is 30.3 Å². The maximum Gasteiger partial charge on any atom is 0.338 e. The van der Waals surface area contributed by atoms with Gasteiger partial charge in [-0.05, 0) is 49.2 Å². The Morgan fingerprint density at radius 1 is 1.18 bits per heavy atom. The third-order valence-electron chi connectivity index (χ3n) is 4.53. The van der Waals surface area contributed by atoms with Crippen LogP contribution >= 0.6 is 0 Å². The van der Waals surface area contributed by atoms with Crippen LogP contribution in [0, 0.1) is 5.92 Å². The quantitative estimate of drug-likeness (QED) is 0.795. The number of allylic oxidation sites excluding steroid dienone is 2. The fourth-order valence-corrected chi connectivity index (χ4v) is 3.39. The molecule has 1 fully saturated rings. The highest BCUT2D eigenvalue weighted by molar-refractivity contribution is 5.89. The van der Waals surface area contributed by atoms with E-state index in [0.717, 1.165) is 25.8 Å². The van der Waals surface area contributed by atoms with Crippen molar-refractivity contribution >= 4 is 5.97 Å². The van der Waals surface area contributed by atoms with E-state index in [9.17, 15) is 4.79 Å². The molecule has 3 nitrogen and oxygen atoms in total. The number of likely N-dealkylation sites (N-methyl/N-ethyl adjacent to an activating group) is 1. The molecule has 0 bridgehead atoms. The highest BCUT2D eigenvalue weighted by Crippen LogP contribution is 2.34. The fraction of sp³-hybridized carbons (Fsp3) is 0.421. The Balaban J connectivity index is 1.72. The summed E-state index contributed by atoms with van der Waals surface area (Å²) >= 11 is 0. The largest absolute Gasteiger partial charge is 0.458 e. The minimum atomic E-state index is -0.196. The molecule has 3 heteroatoms. The second-order valence-electron chi connectivity index (χ2n) is 6.20. The molecule has 1 aliphatic heterocycles. The van der Waals surface area contributed by atoms with Crippen molar-refractivity contribution < 1.29 is 9.53 Å². The van der Waals surface area contributed by atoms with E-state index in [-0.39, 0.29) is 12.1 Å². The minimum Gasteiger partial charge on any atom is -0.458 e. The number of hydrogen-bond donors (Lipinski definition) is 0. The summed E-state index contributed by atoms with van der Waals surface area (Å²) < 4.78 is 5.86. The van der Waals surface area contributed by atoms with Crippen molar-refractivity contribution in [3.63, 3.8) is 0 Å². The molecule has 1 aliphatic carbocycles. The first-order chi connectivity index (χ1) is 10.7. The Bertz CT molecular complexity index is 576. The molecule has 3 rings (SSSR count). The van der Waals surface area contributed by atoms with Crippen LogP contribution < -0.4 is 0 Å². The maximum absolute atomic E-state index is 12.3. The van der Waals surface area contributed by atoms with Gasteiger partial charge in [0.1, 0.15) is 6.10 Å². The van der Waals surface area contributed by atoms with Crippen LogP contribution in [-0.4, -0.2) is 30.6 Å². The van der Waals surface area contributed by atoms with Crippen molar-refractivity contribution in [1.82, 2.24) is 4.90 Å². The number of hydrogen-bond acceptors (Lipinski definition) is 3. The summed E-state index contributed by atoms with van der Waals surface area (Å²) in [5.41, 5.74) is 2.03. The van der Waals surface area contributed by atoms with Crippen LogP contribution in [0.25, 0.3) is 0 Å². The highest BCUT2D eigenvalue weighted by Gasteiger charge is 2.31. The first kappa shape index (κ1) is 14.9. The van der Waals surface area contributed by atoms with Gasteiger partial charge in [0, 0.05) is 19.5 Å². The van der Waals surface area contributed by atoms with Crippen LogP contribution in [0.5, 0.6) is 0 Å². The summed E-state index contributed by atoms with van der Waals surface area (Å²) in [6.45, 7) is 0.931. The summed E-state index contributed by atoms with van der Waals surface area (Å²) in [7, 11) is 2.08. The summed E-state index contributed by atoms with van der Waals surface area (Å²) in [6, 6.07) is 9.29. The Hall–Kier alpha value is -2.03. The molecule has 0 unspecified atom stereocenters. The zero-order valence-corrected chi connectivity index (χ0v) is 13.1. The molecule has 1 saturated carbocycles. The summed E-state index contributed by atoms with van der Waals surface area (Å²) in [6.07, 6.45) is 10.8. The zero-order chi connectivity index (χ0) is 15.4. The average molecular weight is 297 g/mol. The van der Waals surface area contributed by atoms with E-state index in [4.69, 9.17) is 4.74 Å². The number of carbonyl (C=O) groups excluding carboxylic acids is 1. The number of esters is 1. The lowest BCUT2D eigenvalue weighted by Crippen LogP contribution is -2.34. The molecule has 0 amide bonds. The molecule has 0 spiro atoms. The van der Waals surface area contributed by atoms with Crippen LogP contribution in [0.3, 0.4) is 0 Å². The summed E-state index contributed by atoms with van der Waals surface area (Å²) in [5.74, 6) is 0.159. The first-order valence-electron chi connectivity index (χ1n) is 8.07. The second kappa shape index (κ2) is 6.82. The monoisotopic (exact) mass is 297 g/mol. The van der Waals surface area contributed by atoms with Gasteiger partial charge in [-0.3, -0.25) is 0 Å². The van der Waals surface area contributed by atoms with Crippen LogP contribution in [0.1, 0.15) is 36.0 Å². The first-order valence-corrected chi connectivity index (χ1v) is 8.07. The van der Waals surface area contributed by atoms with Gasteiger partial charge in [0.2, 0.25) is 0 Å². The third-order valence-corrected chi connectivity index (χ3v) is 4.53. The summed E-state index contributed by atoms with van der Waals surface area (Å²) in [4.78, 5) is 14.5. The van der Waals surface area contributed by atoms with Gasteiger partial charge in [-0.15, -0.1) is 0 Å². The lowest BCUT2D eigenvalue weighted by molar-refractivity contribution is 0.00709. The molecule has 1 aromatic carbocycles. The van der Waals surface area contributed by atoms with Crippen LogP contribution in [0.4, 0.5) is 0 Å². The lowest BCUT2D eigenvalue weighted by atomic mass is 9.80. The fourth-order valence-electron chi connectivity index (χ4n) is 3.39. The van der Waals surface area contributed by atoms with Crippen molar-refractivity contribution in [1.29, 1.82) is 0 Å². The summed E-state index contributed by atoms with van der Waals surface area (Å²) in [5, 5.41) is 0. The van der Waals surface area contributed by atoms with Gasteiger partial charge in [0.05, 0.1) is 5.56 Å². The van der Waals surface area contributed by atoms with E-state index in [1.165, 1.54) is 12.0 Å². The number of ether oxygens (including phenoxy) is 1. The van der Waals surface area contributed by atoms with E-state index < -0.39 is 0 Å². The minimum absolute atomic E-state index is 0.00704. The predicted octanol–water partition coefficient (Wildman–Crippen LogP) is 3.79. The smallest absolute Gasteiger partial charge is 0.338 e. The number of rotatable bonds is 3. The molecule has 22 heavy (non-hydrogen) atoms. The van der Waals surface area contributed by atoms with E-state index >= 15 is 0 Å². The Kier molecular flexibility index (Phi) is 4.62. The molecule has 0 aromatic heterocycles. The standard InChI is InChI=1S/C19H23NO2/c1-20-13-7-10-16(14-20)17-11-5-6-12-18(17)22-19(21)15-8-3-2-4-9-15/h2-4,7-10,13,17-18H,5-6,11-12,14H2,1H3/t17-,18-/m0/s1. The molecule has 2 atom stereocenters. The van der Waals surface area contributed by atoms with Gasteiger partial charge >= 0.3 is 5.97 Å². The number of carbonyl (C=O) groups is 1. The predicted molar refractivity (Wildman–Crippen MR) is 87.5 cm³/mol. The van der Waals surface area contributed by atoms with Gasteiger partial charge in [0.15, 0.2) is 0 Å². The maximum atomic E-state index is 12.3. The van der Waals surface area contributed by atoms with Crippen LogP contribution in [0.15, 0.2) is 54.3 Å². The van der Waals surface area contributed by atoms with Crippen molar-refractivity contribution in [2.75, 3.05) is 13.6 Å². The Morgan fingerprint density at radius 3 is 2.73 bits per heavy atom. The SMILES string of the molecule is CN1C=CC=C([C@@H]2CCCC[C@@H]2OC(=O)c2ccccc2)C1. The number of nitrogens with zero attached hydrogens (tertiary/aromatic N) is 1.